The number of hydrogen-bond acceptors (Lipinski definition) is 5. The van der Waals surface area contributed by atoms with Gasteiger partial charge in [-0.25, -0.2) is 8.42 Å². The molecule has 0 saturated heterocycles. The van der Waals surface area contributed by atoms with Crippen molar-refractivity contribution in [2.24, 2.45) is 0 Å². The van der Waals surface area contributed by atoms with Gasteiger partial charge in [-0.2, -0.15) is 0 Å². The fourth-order valence-electron chi connectivity index (χ4n) is 4.98. The third-order valence-electron chi connectivity index (χ3n) is 7.33. The zero-order valence-corrected chi connectivity index (χ0v) is 24.9. The van der Waals surface area contributed by atoms with E-state index in [1.807, 2.05) is 6.07 Å². The standard InChI is InChI=1S/C31H36ClN3O5S/c1-23(31(37)33-26-12-5-3-6-13-26)34(21-24-10-9-11-25(32)20-24)30(36)22-35(27-16-18-28(40-2)19-17-27)41(38,39)29-14-7-4-8-15-29/h4,7-11,14-20,23,26H,3,5-6,12-13,21-22H2,1-2H3,(H,33,37)/t23-/m0/s1. The Morgan fingerprint density at radius 3 is 2.29 bits per heavy atom. The molecular formula is C31H36ClN3O5S. The zero-order chi connectivity index (χ0) is 29.4. The van der Waals surface area contributed by atoms with E-state index in [4.69, 9.17) is 16.3 Å². The van der Waals surface area contributed by atoms with Crippen LogP contribution in [0.5, 0.6) is 5.75 Å². The van der Waals surface area contributed by atoms with Gasteiger partial charge in [0.25, 0.3) is 10.0 Å². The third-order valence-corrected chi connectivity index (χ3v) is 9.35. The first-order chi connectivity index (χ1) is 19.7. The molecule has 1 aliphatic carbocycles. The van der Waals surface area contributed by atoms with Crippen LogP contribution in [0.4, 0.5) is 5.69 Å². The molecule has 0 unspecified atom stereocenters. The molecule has 3 aromatic carbocycles. The lowest BCUT2D eigenvalue weighted by Gasteiger charge is -2.33. The Bertz CT molecular complexity index is 1430. The number of hydrogen-bond donors (Lipinski definition) is 1. The lowest BCUT2D eigenvalue weighted by atomic mass is 9.95. The number of anilines is 1. The Balaban J connectivity index is 1.67. The third kappa shape index (κ3) is 7.80. The Hall–Kier alpha value is -3.56. The SMILES string of the molecule is COc1ccc(N(CC(=O)N(Cc2cccc(Cl)c2)[C@@H](C)C(=O)NC2CCCCC2)S(=O)(=O)c2ccccc2)cc1. The molecule has 41 heavy (non-hydrogen) atoms. The molecule has 0 bridgehead atoms. The molecule has 0 radical (unpaired) electrons. The van der Waals surface area contributed by atoms with Crippen molar-refractivity contribution < 1.29 is 22.7 Å². The molecule has 0 aliphatic heterocycles. The number of ether oxygens (including phenoxy) is 1. The van der Waals surface area contributed by atoms with E-state index in [1.54, 1.807) is 67.6 Å². The summed E-state index contributed by atoms with van der Waals surface area (Å²) in [5.74, 6) is -0.242. The summed E-state index contributed by atoms with van der Waals surface area (Å²) in [6, 6.07) is 20.7. The molecular weight excluding hydrogens is 562 g/mol. The minimum atomic E-state index is -4.13. The quantitative estimate of drug-likeness (QED) is 0.319. The fraction of sp³-hybridized carbons (Fsp3) is 0.355. The summed E-state index contributed by atoms with van der Waals surface area (Å²) in [4.78, 5) is 28.9. The molecule has 2 amide bonds. The van der Waals surface area contributed by atoms with Crippen molar-refractivity contribution in [2.75, 3.05) is 18.0 Å². The van der Waals surface area contributed by atoms with Gasteiger partial charge >= 0.3 is 0 Å². The summed E-state index contributed by atoms with van der Waals surface area (Å²) in [6.45, 7) is 1.25. The highest BCUT2D eigenvalue weighted by molar-refractivity contribution is 7.92. The van der Waals surface area contributed by atoms with Crippen molar-refractivity contribution >= 4 is 39.1 Å². The number of carbonyl (C=O) groups is 2. The van der Waals surface area contributed by atoms with Crippen LogP contribution in [0.15, 0.2) is 83.8 Å². The number of amides is 2. The number of methoxy groups -OCH3 is 1. The fourth-order valence-corrected chi connectivity index (χ4v) is 6.63. The van der Waals surface area contributed by atoms with Crippen molar-refractivity contribution in [1.29, 1.82) is 0 Å². The van der Waals surface area contributed by atoms with Gasteiger partial charge in [-0.3, -0.25) is 13.9 Å². The summed E-state index contributed by atoms with van der Waals surface area (Å²) in [6.07, 6.45) is 5.07. The topological polar surface area (TPSA) is 96.0 Å². The predicted octanol–water partition coefficient (Wildman–Crippen LogP) is 5.41. The summed E-state index contributed by atoms with van der Waals surface area (Å²) < 4.78 is 34.0. The molecule has 1 N–H and O–H groups in total. The molecule has 10 heteroatoms. The van der Waals surface area contributed by atoms with Gasteiger partial charge < -0.3 is 15.0 Å². The largest absolute Gasteiger partial charge is 0.497 e. The normalized spacial score (nSPS) is 14.6. The second-order valence-corrected chi connectivity index (χ2v) is 12.5. The first kappa shape index (κ1) is 30.4. The lowest BCUT2D eigenvalue weighted by Crippen LogP contribution is -2.53. The summed E-state index contributed by atoms with van der Waals surface area (Å²) in [5, 5.41) is 3.60. The van der Waals surface area contributed by atoms with Crippen molar-refractivity contribution in [3.63, 3.8) is 0 Å². The number of nitrogens with one attached hydrogen (secondary N) is 1. The molecule has 0 spiro atoms. The Kier molecular flexibility index (Phi) is 10.3. The summed E-state index contributed by atoms with van der Waals surface area (Å²) >= 11 is 6.22. The number of carbonyl (C=O) groups excluding carboxylic acids is 2. The maximum atomic E-state index is 14.0. The van der Waals surface area contributed by atoms with Crippen LogP contribution >= 0.6 is 11.6 Å². The molecule has 4 rings (SSSR count). The van der Waals surface area contributed by atoms with Gasteiger partial charge in [0.1, 0.15) is 18.3 Å². The monoisotopic (exact) mass is 597 g/mol. The van der Waals surface area contributed by atoms with Crippen LogP contribution in [-0.4, -0.2) is 50.9 Å². The van der Waals surface area contributed by atoms with Crippen molar-refractivity contribution in [2.45, 2.75) is 62.6 Å². The summed E-state index contributed by atoms with van der Waals surface area (Å²) in [5.41, 5.74) is 1.02. The first-order valence-electron chi connectivity index (χ1n) is 13.7. The summed E-state index contributed by atoms with van der Waals surface area (Å²) in [7, 11) is -2.61. The average Bonchev–Trinajstić information content (AvgIpc) is 2.99. The highest BCUT2D eigenvalue weighted by atomic mass is 35.5. The van der Waals surface area contributed by atoms with Crippen molar-refractivity contribution in [1.82, 2.24) is 10.2 Å². The highest BCUT2D eigenvalue weighted by Gasteiger charge is 2.33. The lowest BCUT2D eigenvalue weighted by molar-refractivity contribution is -0.139. The smallest absolute Gasteiger partial charge is 0.264 e. The number of benzene rings is 3. The zero-order valence-electron chi connectivity index (χ0n) is 23.3. The van der Waals surface area contributed by atoms with Crippen LogP contribution < -0.4 is 14.4 Å². The van der Waals surface area contributed by atoms with Gasteiger partial charge in [-0.1, -0.05) is 61.2 Å². The van der Waals surface area contributed by atoms with Gasteiger partial charge in [-0.05, 0) is 73.9 Å². The average molecular weight is 598 g/mol. The van der Waals surface area contributed by atoms with E-state index in [1.165, 1.54) is 24.1 Å². The molecule has 8 nitrogen and oxygen atoms in total. The van der Waals surface area contributed by atoms with Crippen LogP contribution in [0.1, 0.15) is 44.6 Å². The molecule has 1 atom stereocenters. The van der Waals surface area contributed by atoms with Crippen LogP contribution in [0.2, 0.25) is 5.02 Å². The van der Waals surface area contributed by atoms with Crippen LogP contribution in [-0.2, 0) is 26.2 Å². The highest BCUT2D eigenvalue weighted by Crippen LogP contribution is 2.27. The van der Waals surface area contributed by atoms with Crippen LogP contribution in [0, 0.1) is 0 Å². The second kappa shape index (κ2) is 13.9. The molecule has 3 aromatic rings. The van der Waals surface area contributed by atoms with Crippen molar-refractivity contribution in [3.05, 3.63) is 89.4 Å². The number of halogens is 1. The van der Waals surface area contributed by atoms with E-state index in [0.29, 0.717) is 16.5 Å². The minimum absolute atomic E-state index is 0.0492. The minimum Gasteiger partial charge on any atom is -0.497 e. The van der Waals surface area contributed by atoms with E-state index in [9.17, 15) is 18.0 Å². The molecule has 0 heterocycles. The van der Waals surface area contributed by atoms with Gasteiger partial charge in [0.05, 0.1) is 17.7 Å². The van der Waals surface area contributed by atoms with Gasteiger partial charge in [0.2, 0.25) is 11.8 Å². The van der Waals surface area contributed by atoms with Crippen molar-refractivity contribution in [3.8, 4) is 5.75 Å². The maximum Gasteiger partial charge on any atom is 0.264 e. The first-order valence-corrected chi connectivity index (χ1v) is 15.6. The molecule has 0 aromatic heterocycles. The van der Waals surface area contributed by atoms with E-state index < -0.39 is 28.5 Å². The van der Waals surface area contributed by atoms with Crippen LogP contribution in [0.25, 0.3) is 0 Å². The molecule has 1 fully saturated rings. The Labute approximate surface area is 247 Å². The number of sulfonamides is 1. The molecule has 1 aliphatic rings. The second-order valence-electron chi connectivity index (χ2n) is 10.2. The van der Waals surface area contributed by atoms with Gasteiger partial charge in [-0.15, -0.1) is 0 Å². The van der Waals surface area contributed by atoms with E-state index in [2.05, 4.69) is 5.32 Å². The molecule has 218 valence electrons. The van der Waals surface area contributed by atoms with E-state index in [0.717, 1.165) is 42.0 Å². The Morgan fingerprint density at radius 2 is 1.66 bits per heavy atom. The predicted molar refractivity (Wildman–Crippen MR) is 160 cm³/mol. The number of nitrogens with zero attached hydrogens (tertiary/aromatic N) is 2. The van der Waals surface area contributed by atoms with Gasteiger partial charge in [0.15, 0.2) is 0 Å². The molecule has 1 saturated carbocycles. The van der Waals surface area contributed by atoms with E-state index >= 15 is 0 Å². The van der Waals surface area contributed by atoms with E-state index in [-0.39, 0.29) is 23.4 Å². The van der Waals surface area contributed by atoms with Gasteiger partial charge in [0, 0.05) is 17.6 Å². The maximum absolute atomic E-state index is 14.0. The Morgan fingerprint density at radius 1 is 0.976 bits per heavy atom. The van der Waals surface area contributed by atoms with Crippen LogP contribution in [0.3, 0.4) is 0 Å². The number of rotatable bonds is 11.